The number of rotatable bonds is 10. The fraction of sp³-hybridized carbons (Fsp3) is 0.543. The van der Waals surface area contributed by atoms with Crippen LogP contribution in [-0.2, 0) is 11.2 Å². The molecule has 2 fully saturated rings. The molecule has 5 rings (SSSR count). The number of nitrogens with zero attached hydrogens (tertiary/aromatic N) is 3. The Balaban J connectivity index is 1.26. The molecule has 1 atom stereocenters. The Morgan fingerprint density at radius 2 is 1.56 bits per heavy atom. The van der Waals surface area contributed by atoms with Crippen molar-refractivity contribution < 1.29 is 9.59 Å². The van der Waals surface area contributed by atoms with Gasteiger partial charge in [-0.3, -0.25) is 14.5 Å². The van der Waals surface area contributed by atoms with Gasteiger partial charge >= 0.3 is 0 Å². The summed E-state index contributed by atoms with van der Waals surface area (Å²) in [6.45, 7) is 14.1. The Morgan fingerprint density at radius 1 is 0.930 bits per heavy atom. The number of amides is 2. The monoisotopic (exact) mass is 605 g/mol. The van der Waals surface area contributed by atoms with Gasteiger partial charge < -0.3 is 20.1 Å². The maximum absolute atomic E-state index is 14.0. The van der Waals surface area contributed by atoms with Crippen molar-refractivity contribution in [1.82, 2.24) is 25.0 Å². The standard InChI is InChI=1S/C35H48ClN5O2/c1-24(2)23-41(29-13-17-39(18-14-29)25(3)4)30-15-19-40(20-16-30)35(43)33(21-26-9-11-28(36)12-10-26)38-34(42)32-22-27-7-5-6-8-31(27)37-32/h5-12,22,24-25,29-30,33,37H,13-21,23H2,1-4H3,(H,38,42)/t33-/m1/s1. The number of aromatic nitrogens is 1. The number of carbonyl (C=O) groups is 2. The summed E-state index contributed by atoms with van der Waals surface area (Å²) in [5.74, 6) is 0.319. The van der Waals surface area contributed by atoms with Crippen molar-refractivity contribution in [3.63, 3.8) is 0 Å². The molecule has 8 heteroatoms. The van der Waals surface area contributed by atoms with Crippen LogP contribution in [0.15, 0.2) is 54.6 Å². The highest BCUT2D eigenvalue weighted by Gasteiger charge is 2.35. The lowest BCUT2D eigenvalue weighted by atomic mass is 9.94. The predicted octanol–water partition coefficient (Wildman–Crippen LogP) is 5.98. The van der Waals surface area contributed by atoms with Crippen LogP contribution in [0.3, 0.4) is 0 Å². The van der Waals surface area contributed by atoms with Crippen LogP contribution in [0.4, 0.5) is 0 Å². The lowest BCUT2D eigenvalue weighted by Gasteiger charge is -2.46. The van der Waals surface area contributed by atoms with Crippen molar-refractivity contribution in [2.75, 3.05) is 32.7 Å². The predicted molar refractivity (Wildman–Crippen MR) is 176 cm³/mol. The van der Waals surface area contributed by atoms with E-state index in [0.717, 1.165) is 48.9 Å². The Bertz CT molecular complexity index is 1320. The molecule has 0 aliphatic carbocycles. The summed E-state index contributed by atoms with van der Waals surface area (Å²) in [6, 6.07) is 18.2. The third-order valence-electron chi connectivity index (χ3n) is 9.25. The maximum Gasteiger partial charge on any atom is 0.268 e. The van der Waals surface area contributed by atoms with Gasteiger partial charge in [-0.15, -0.1) is 0 Å². The molecular weight excluding hydrogens is 558 g/mol. The van der Waals surface area contributed by atoms with Gasteiger partial charge in [0.1, 0.15) is 11.7 Å². The normalized spacial score (nSPS) is 18.2. The molecule has 1 aromatic heterocycles. The number of fused-ring (bicyclic) bond motifs is 1. The highest BCUT2D eigenvalue weighted by atomic mass is 35.5. The average molecular weight is 606 g/mol. The molecule has 0 bridgehead atoms. The second kappa shape index (κ2) is 14.3. The van der Waals surface area contributed by atoms with Crippen molar-refractivity contribution in [3.05, 3.63) is 70.9 Å². The number of benzene rings is 2. The molecule has 232 valence electrons. The van der Waals surface area contributed by atoms with E-state index >= 15 is 0 Å². The van der Waals surface area contributed by atoms with Crippen LogP contribution in [0.1, 0.15) is 69.4 Å². The number of hydrogen-bond donors (Lipinski definition) is 2. The van der Waals surface area contributed by atoms with Crippen molar-refractivity contribution in [3.8, 4) is 0 Å². The van der Waals surface area contributed by atoms with E-state index in [-0.39, 0.29) is 11.8 Å². The molecule has 2 aromatic carbocycles. The number of H-pyrrole nitrogens is 1. The summed E-state index contributed by atoms with van der Waals surface area (Å²) in [7, 11) is 0. The van der Waals surface area contributed by atoms with Gasteiger partial charge in [0.05, 0.1) is 0 Å². The number of para-hydroxylation sites is 1. The van der Waals surface area contributed by atoms with E-state index in [1.807, 2.05) is 59.5 Å². The molecule has 43 heavy (non-hydrogen) atoms. The average Bonchev–Trinajstić information content (AvgIpc) is 3.45. The second-order valence-electron chi connectivity index (χ2n) is 13.1. The molecule has 0 unspecified atom stereocenters. The lowest BCUT2D eigenvalue weighted by molar-refractivity contribution is -0.135. The van der Waals surface area contributed by atoms with Crippen molar-refractivity contribution in [2.24, 2.45) is 5.92 Å². The summed E-state index contributed by atoms with van der Waals surface area (Å²) >= 11 is 6.13. The minimum atomic E-state index is -0.663. The first-order valence-corrected chi connectivity index (χ1v) is 16.5. The largest absolute Gasteiger partial charge is 0.351 e. The quantitative estimate of drug-likeness (QED) is 0.298. The van der Waals surface area contributed by atoms with Crippen LogP contribution in [-0.4, -0.2) is 88.4 Å². The van der Waals surface area contributed by atoms with E-state index in [2.05, 4.69) is 47.8 Å². The van der Waals surface area contributed by atoms with E-state index in [0.29, 0.717) is 54.3 Å². The van der Waals surface area contributed by atoms with E-state index in [4.69, 9.17) is 11.6 Å². The zero-order valence-electron chi connectivity index (χ0n) is 26.2. The summed E-state index contributed by atoms with van der Waals surface area (Å²) in [5, 5.41) is 4.69. The van der Waals surface area contributed by atoms with Gasteiger partial charge in [-0.05, 0) is 88.4 Å². The summed E-state index contributed by atoms with van der Waals surface area (Å²) in [6.07, 6.45) is 4.77. The van der Waals surface area contributed by atoms with E-state index in [1.54, 1.807) is 0 Å². The first kappa shape index (κ1) is 31.6. The molecule has 0 spiro atoms. The fourth-order valence-corrected chi connectivity index (χ4v) is 7.00. The number of carbonyl (C=O) groups excluding carboxylic acids is 2. The molecule has 2 amide bonds. The highest BCUT2D eigenvalue weighted by molar-refractivity contribution is 6.30. The summed E-state index contributed by atoms with van der Waals surface area (Å²) in [5.41, 5.74) is 2.32. The van der Waals surface area contributed by atoms with E-state index in [1.165, 1.54) is 12.8 Å². The van der Waals surface area contributed by atoms with Crippen molar-refractivity contribution in [1.29, 1.82) is 0 Å². The SMILES string of the molecule is CC(C)CN(C1CCN(C(=O)[C@@H](Cc2ccc(Cl)cc2)NC(=O)c2cc3ccccc3[nH]2)CC1)C1CCN(C(C)C)CC1. The number of nitrogens with one attached hydrogen (secondary N) is 2. The topological polar surface area (TPSA) is 71.7 Å². The molecular formula is C35H48ClN5O2. The van der Waals surface area contributed by atoms with Gasteiger partial charge in [-0.1, -0.05) is 55.8 Å². The van der Waals surface area contributed by atoms with Crippen LogP contribution in [0, 0.1) is 5.92 Å². The van der Waals surface area contributed by atoms with Gasteiger partial charge in [-0.2, -0.15) is 0 Å². The van der Waals surface area contributed by atoms with Gasteiger partial charge in [-0.25, -0.2) is 0 Å². The Hall–Kier alpha value is -2.87. The number of halogens is 1. The second-order valence-corrected chi connectivity index (χ2v) is 13.6. The van der Waals surface area contributed by atoms with Crippen LogP contribution >= 0.6 is 11.6 Å². The highest BCUT2D eigenvalue weighted by Crippen LogP contribution is 2.27. The van der Waals surface area contributed by atoms with E-state index < -0.39 is 6.04 Å². The molecule has 2 aliphatic rings. The first-order valence-electron chi connectivity index (χ1n) is 16.1. The number of aromatic amines is 1. The summed E-state index contributed by atoms with van der Waals surface area (Å²) in [4.78, 5) is 38.0. The molecule has 0 saturated carbocycles. The Morgan fingerprint density at radius 3 is 2.16 bits per heavy atom. The van der Waals surface area contributed by atoms with Crippen molar-refractivity contribution in [2.45, 2.75) is 84.0 Å². The number of piperidine rings is 2. The van der Waals surface area contributed by atoms with Gasteiger partial charge in [0.25, 0.3) is 5.91 Å². The molecule has 0 radical (unpaired) electrons. The number of likely N-dealkylation sites (tertiary alicyclic amines) is 2. The smallest absolute Gasteiger partial charge is 0.268 e. The van der Waals surface area contributed by atoms with Gasteiger partial charge in [0.15, 0.2) is 0 Å². The van der Waals surface area contributed by atoms with Crippen LogP contribution in [0.2, 0.25) is 5.02 Å². The maximum atomic E-state index is 14.0. The van der Waals surface area contributed by atoms with Crippen molar-refractivity contribution >= 4 is 34.3 Å². The molecule has 3 aromatic rings. The lowest BCUT2D eigenvalue weighted by Crippen LogP contribution is -2.56. The zero-order valence-corrected chi connectivity index (χ0v) is 26.9. The molecule has 2 aliphatic heterocycles. The minimum absolute atomic E-state index is 0.0153. The third kappa shape index (κ3) is 8.00. The Kier molecular flexibility index (Phi) is 10.5. The first-order chi connectivity index (χ1) is 20.7. The minimum Gasteiger partial charge on any atom is -0.351 e. The van der Waals surface area contributed by atoms with E-state index in [9.17, 15) is 9.59 Å². The number of hydrogen-bond acceptors (Lipinski definition) is 4. The van der Waals surface area contributed by atoms with Crippen LogP contribution in [0.25, 0.3) is 10.9 Å². The molecule has 3 heterocycles. The zero-order chi connectivity index (χ0) is 30.5. The summed E-state index contributed by atoms with van der Waals surface area (Å²) < 4.78 is 0. The Labute approximate surface area is 261 Å². The van der Waals surface area contributed by atoms with Gasteiger partial charge in [0, 0.05) is 60.1 Å². The van der Waals surface area contributed by atoms with Gasteiger partial charge in [0.2, 0.25) is 5.91 Å². The fourth-order valence-electron chi connectivity index (χ4n) is 6.88. The molecule has 7 nitrogen and oxygen atoms in total. The molecule has 2 N–H and O–H groups in total. The third-order valence-corrected chi connectivity index (χ3v) is 9.50. The van der Waals surface area contributed by atoms with Crippen LogP contribution < -0.4 is 5.32 Å². The molecule has 2 saturated heterocycles. The van der Waals surface area contributed by atoms with Crippen LogP contribution in [0.5, 0.6) is 0 Å².